The zero-order valence-corrected chi connectivity index (χ0v) is 13.3. The standard InChI is InChI=1S/C15H18N4O6/c20-13(16-22)5-3-1-2-4-8-18-12-7-6-10(19(24)25)9-11(12)14(17-23)15(18)21/h6-7,9,21-22H,1-5,8H2,(H,16,20). The Bertz CT molecular complexity index is 801. The van der Waals surface area contributed by atoms with Crippen LogP contribution in [-0.4, -0.2) is 25.7 Å². The minimum atomic E-state index is -0.578. The summed E-state index contributed by atoms with van der Waals surface area (Å²) in [6, 6.07) is 4.00. The second-order valence-electron chi connectivity index (χ2n) is 5.57. The van der Waals surface area contributed by atoms with Gasteiger partial charge in [-0.15, -0.1) is 4.91 Å². The zero-order valence-electron chi connectivity index (χ0n) is 13.3. The van der Waals surface area contributed by atoms with Gasteiger partial charge in [-0.25, -0.2) is 5.48 Å². The molecule has 10 nitrogen and oxygen atoms in total. The van der Waals surface area contributed by atoms with E-state index in [2.05, 4.69) is 5.18 Å². The summed E-state index contributed by atoms with van der Waals surface area (Å²) in [6.45, 7) is 0.405. The molecule has 1 aromatic carbocycles. The first-order valence-corrected chi connectivity index (χ1v) is 7.75. The minimum absolute atomic E-state index is 0.184. The molecule has 0 aliphatic heterocycles. The number of amides is 1. The van der Waals surface area contributed by atoms with E-state index in [-0.39, 0.29) is 29.1 Å². The van der Waals surface area contributed by atoms with Crippen molar-refractivity contribution in [3.05, 3.63) is 33.2 Å². The highest BCUT2D eigenvalue weighted by Crippen LogP contribution is 2.40. The Hall–Kier alpha value is -3.01. The van der Waals surface area contributed by atoms with Crippen LogP contribution in [0.1, 0.15) is 32.1 Å². The van der Waals surface area contributed by atoms with Gasteiger partial charge in [-0.05, 0) is 24.1 Å². The van der Waals surface area contributed by atoms with Crippen molar-refractivity contribution in [2.75, 3.05) is 0 Å². The minimum Gasteiger partial charge on any atom is -0.493 e. The van der Waals surface area contributed by atoms with Crippen molar-refractivity contribution < 1.29 is 20.0 Å². The quantitative estimate of drug-likeness (QED) is 0.208. The van der Waals surface area contributed by atoms with Gasteiger partial charge in [0.2, 0.25) is 11.8 Å². The number of carbonyl (C=O) groups excluding carboxylic acids is 1. The summed E-state index contributed by atoms with van der Waals surface area (Å²) in [7, 11) is 0. The molecule has 134 valence electrons. The van der Waals surface area contributed by atoms with Crippen molar-refractivity contribution >= 4 is 28.2 Å². The van der Waals surface area contributed by atoms with Crippen LogP contribution in [0, 0.1) is 15.0 Å². The Labute approximate surface area is 142 Å². The van der Waals surface area contributed by atoms with E-state index in [9.17, 15) is 24.9 Å². The molecule has 0 unspecified atom stereocenters. The van der Waals surface area contributed by atoms with Crippen LogP contribution in [-0.2, 0) is 11.3 Å². The first-order valence-electron chi connectivity index (χ1n) is 7.75. The van der Waals surface area contributed by atoms with Gasteiger partial charge in [-0.2, -0.15) is 0 Å². The van der Waals surface area contributed by atoms with E-state index in [0.717, 1.165) is 12.8 Å². The number of aromatic hydroxyl groups is 1. The van der Waals surface area contributed by atoms with E-state index >= 15 is 0 Å². The lowest BCUT2D eigenvalue weighted by atomic mass is 10.1. The van der Waals surface area contributed by atoms with Crippen LogP contribution in [0.15, 0.2) is 23.4 Å². The summed E-state index contributed by atoms with van der Waals surface area (Å²) >= 11 is 0. The molecule has 0 bridgehead atoms. The third-order valence-electron chi connectivity index (χ3n) is 3.96. The van der Waals surface area contributed by atoms with E-state index in [1.54, 1.807) is 5.48 Å². The van der Waals surface area contributed by atoms with Gasteiger partial charge in [0.15, 0.2) is 5.69 Å². The number of aromatic nitrogens is 1. The zero-order chi connectivity index (χ0) is 18.4. The molecule has 0 radical (unpaired) electrons. The maximum absolute atomic E-state index is 11.0. The molecule has 1 aromatic heterocycles. The number of non-ortho nitro benzene ring substituents is 1. The van der Waals surface area contributed by atoms with E-state index < -0.39 is 10.8 Å². The molecule has 25 heavy (non-hydrogen) atoms. The van der Waals surface area contributed by atoms with Crippen molar-refractivity contribution in [3.63, 3.8) is 0 Å². The van der Waals surface area contributed by atoms with Crippen molar-refractivity contribution in [2.45, 2.75) is 38.6 Å². The number of benzene rings is 1. The smallest absolute Gasteiger partial charge is 0.270 e. The van der Waals surface area contributed by atoms with E-state index in [4.69, 9.17) is 5.21 Å². The van der Waals surface area contributed by atoms with Crippen LogP contribution < -0.4 is 5.48 Å². The fourth-order valence-electron chi connectivity index (χ4n) is 2.71. The molecular formula is C15H18N4O6. The van der Waals surface area contributed by atoms with Gasteiger partial charge in [0.25, 0.3) is 5.69 Å². The van der Waals surface area contributed by atoms with Crippen molar-refractivity contribution in [1.29, 1.82) is 0 Å². The van der Waals surface area contributed by atoms with Gasteiger partial charge in [0.05, 0.1) is 10.4 Å². The number of nitrogens with one attached hydrogen (secondary N) is 1. The topological polar surface area (TPSA) is 147 Å². The lowest BCUT2D eigenvalue weighted by molar-refractivity contribution is -0.384. The van der Waals surface area contributed by atoms with Crippen LogP contribution in [0.3, 0.4) is 0 Å². The lowest BCUT2D eigenvalue weighted by Gasteiger charge is -2.07. The van der Waals surface area contributed by atoms with Crippen LogP contribution in [0.5, 0.6) is 5.88 Å². The van der Waals surface area contributed by atoms with Crippen molar-refractivity contribution in [1.82, 2.24) is 10.0 Å². The third-order valence-corrected chi connectivity index (χ3v) is 3.96. The van der Waals surface area contributed by atoms with Gasteiger partial charge >= 0.3 is 0 Å². The van der Waals surface area contributed by atoms with Gasteiger partial charge in [-0.1, -0.05) is 12.8 Å². The summed E-state index contributed by atoms with van der Waals surface area (Å²) in [5, 5.41) is 32.5. The first kappa shape index (κ1) is 18.3. The summed E-state index contributed by atoms with van der Waals surface area (Å²) < 4.78 is 1.50. The van der Waals surface area contributed by atoms with Crippen LogP contribution in [0.4, 0.5) is 11.4 Å². The van der Waals surface area contributed by atoms with E-state index in [1.807, 2.05) is 0 Å². The molecule has 2 rings (SSSR count). The Balaban J connectivity index is 2.08. The van der Waals surface area contributed by atoms with Crippen LogP contribution >= 0.6 is 0 Å². The largest absolute Gasteiger partial charge is 0.493 e. The number of nitro groups is 1. The van der Waals surface area contributed by atoms with Crippen LogP contribution in [0.2, 0.25) is 0 Å². The highest BCUT2D eigenvalue weighted by Gasteiger charge is 2.20. The summed E-state index contributed by atoms with van der Waals surface area (Å²) in [5.74, 6) is -0.748. The number of nitroso groups, excluding NO2 is 1. The van der Waals surface area contributed by atoms with Gasteiger partial charge in [0, 0.05) is 30.5 Å². The average molecular weight is 350 g/mol. The van der Waals surface area contributed by atoms with Crippen molar-refractivity contribution in [3.8, 4) is 5.88 Å². The van der Waals surface area contributed by atoms with Gasteiger partial charge in [-0.3, -0.25) is 20.1 Å². The number of aryl methyl sites for hydroxylation is 1. The Morgan fingerprint density at radius 3 is 2.64 bits per heavy atom. The lowest BCUT2D eigenvalue weighted by Crippen LogP contribution is -2.17. The number of carbonyl (C=O) groups is 1. The predicted molar refractivity (Wildman–Crippen MR) is 88.7 cm³/mol. The first-order chi connectivity index (χ1) is 12.0. The Kier molecular flexibility index (Phi) is 6.01. The molecule has 1 heterocycles. The number of hydrogen-bond acceptors (Lipinski definition) is 7. The van der Waals surface area contributed by atoms with Crippen molar-refractivity contribution in [2.24, 2.45) is 5.18 Å². The third kappa shape index (κ3) is 4.10. The average Bonchev–Trinajstić information content (AvgIpc) is 2.87. The molecule has 1 amide bonds. The second kappa shape index (κ2) is 8.20. The molecule has 0 atom stereocenters. The fourth-order valence-corrected chi connectivity index (χ4v) is 2.71. The molecule has 3 N–H and O–H groups in total. The maximum atomic E-state index is 11.0. The number of fused-ring (bicyclic) bond motifs is 1. The molecule has 0 aliphatic carbocycles. The maximum Gasteiger partial charge on any atom is 0.270 e. The number of nitro benzene ring substituents is 1. The fraction of sp³-hybridized carbons (Fsp3) is 0.400. The molecule has 0 spiro atoms. The molecular weight excluding hydrogens is 332 g/mol. The summed E-state index contributed by atoms with van der Waals surface area (Å²) in [6.07, 6.45) is 3.06. The van der Waals surface area contributed by atoms with Crippen LogP contribution in [0.25, 0.3) is 10.9 Å². The Morgan fingerprint density at radius 1 is 1.28 bits per heavy atom. The molecule has 0 aliphatic rings. The summed E-state index contributed by atoms with van der Waals surface area (Å²) in [5.41, 5.74) is 1.67. The highest BCUT2D eigenvalue weighted by molar-refractivity contribution is 5.96. The normalized spacial score (nSPS) is 10.8. The molecule has 0 saturated heterocycles. The van der Waals surface area contributed by atoms with E-state index in [1.165, 1.54) is 22.8 Å². The number of unbranched alkanes of at least 4 members (excludes halogenated alkanes) is 3. The predicted octanol–water partition coefficient (Wildman–Crippen LogP) is 3.11. The highest BCUT2D eigenvalue weighted by atomic mass is 16.6. The molecule has 10 heteroatoms. The number of hydrogen-bond donors (Lipinski definition) is 3. The monoisotopic (exact) mass is 350 g/mol. The molecule has 2 aromatic rings. The SMILES string of the molecule is O=Nc1c(O)n(CCCCCCC(=O)NO)c2ccc([N+](=O)[O-])cc12. The Morgan fingerprint density at radius 2 is 2.00 bits per heavy atom. The van der Waals surface area contributed by atoms with Gasteiger partial charge < -0.3 is 9.67 Å². The second-order valence-corrected chi connectivity index (χ2v) is 5.57. The number of nitrogens with zero attached hydrogens (tertiary/aromatic N) is 3. The van der Waals surface area contributed by atoms with E-state index in [0.29, 0.717) is 24.9 Å². The van der Waals surface area contributed by atoms with Gasteiger partial charge in [0.1, 0.15) is 0 Å². The number of rotatable bonds is 9. The number of hydroxylamine groups is 1. The molecule has 0 saturated carbocycles. The summed E-state index contributed by atoms with van der Waals surface area (Å²) in [4.78, 5) is 32.2. The molecule has 0 fully saturated rings.